The fourth-order valence-corrected chi connectivity index (χ4v) is 4.06. The second-order valence-electron chi connectivity index (χ2n) is 8.48. The zero-order chi connectivity index (χ0) is 33.7. The molecule has 0 saturated heterocycles. The van der Waals surface area contributed by atoms with Crippen molar-refractivity contribution >= 4 is 49.9 Å². The van der Waals surface area contributed by atoms with Gasteiger partial charge >= 0.3 is 33.7 Å². The van der Waals surface area contributed by atoms with Gasteiger partial charge in [-0.15, -0.1) is 0 Å². The average Bonchev–Trinajstić information content (AvgIpc) is 2.95. The van der Waals surface area contributed by atoms with Crippen molar-refractivity contribution in [3.63, 3.8) is 0 Å². The summed E-state index contributed by atoms with van der Waals surface area (Å²) >= 11 is 0. The molecule has 0 fully saturated rings. The summed E-state index contributed by atoms with van der Waals surface area (Å²) in [5.41, 5.74) is 1.66. The molecule has 2 heterocycles. The van der Waals surface area contributed by atoms with Crippen molar-refractivity contribution in [2.24, 2.45) is 5.73 Å². The van der Waals surface area contributed by atoms with Crippen molar-refractivity contribution in [3.8, 4) is 23.0 Å². The van der Waals surface area contributed by atoms with E-state index in [1.807, 2.05) is 0 Å². The van der Waals surface area contributed by atoms with Crippen LogP contribution in [0.2, 0.25) is 0 Å². The summed E-state index contributed by atoms with van der Waals surface area (Å²) in [6.45, 7) is 0. The summed E-state index contributed by atoms with van der Waals surface area (Å²) in [5, 5.41) is 10.5. The zero-order valence-corrected chi connectivity index (χ0v) is 23.5. The van der Waals surface area contributed by atoms with E-state index in [1.165, 1.54) is 43.5 Å². The zero-order valence-electron chi connectivity index (χ0n) is 22.7. The lowest BCUT2D eigenvalue weighted by Crippen LogP contribution is -2.29. The van der Waals surface area contributed by atoms with Gasteiger partial charge in [0.05, 0.1) is 42.2 Å². The van der Waals surface area contributed by atoms with Crippen LogP contribution >= 0.6 is 0 Å². The van der Waals surface area contributed by atoms with Gasteiger partial charge in [-0.25, -0.2) is 9.78 Å². The highest BCUT2D eigenvalue weighted by Gasteiger charge is 2.46. The first-order valence-electron chi connectivity index (χ1n) is 11.8. The Morgan fingerprint density at radius 3 is 2.13 bits per heavy atom. The van der Waals surface area contributed by atoms with Crippen LogP contribution < -0.4 is 25.2 Å². The summed E-state index contributed by atoms with van der Waals surface area (Å²) < 4.78 is 105. The number of nitrogens with one attached hydrogen (secondary N) is 2. The van der Waals surface area contributed by atoms with Crippen molar-refractivity contribution in [2.75, 3.05) is 24.3 Å². The Kier molecular flexibility index (Phi) is 9.91. The number of ether oxygens (including phenoxy) is 2. The van der Waals surface area contributed by atoms with E-state index in [0.717, 1.165) is 12.1 Å². The number of carbonyl (C=O) groups excluding carboxylic acids is 1. The maximum absolute atomic E-state index is 12.8. The minimum Gasteiger partial charge on any atom is -0.480 e. The number of benzene rings is 2. The molecule has 4 rings (SSSR count). The van der Waals surface area contributed by atoms with Crippen LogP contribution in [0.4, 0.5) is 43.4 Å². The molecule has 0 aliphatic carbocycles. The SMILES string of the molecule is COc1ncc(-c2ccc3c(Nc4cccc(NS(=O)(=O)C(F)(F)F)c4)c(C(N)=O)cnc3c2)c(OC)n1.O=C(O)C(F)(F)F. The summed E-state index contributed by atoms with van der Waals surface area (Å²) in [5.74, 6) is -3.32. The molecule has 0 aliphatic heterocycles. The van der Waals surface area contributed by atoms with Gasteiger partial charge in [-0.05, 0) is 29.8 Å². The van der Waals surface area contributed by atoms with Gasteiger partial charge < -0.3 is 25.6 Å². The Labute approximate surface area is 249 Å². The molecule has 0 aliphatic rings. The number of aliphatic carboxylic acids is 1. The Balaban J connectivity index is 0.000000707. The number of halogens is 6. The number of methoxy groups -OCH3 is 2. The third-order valence-corrected chi connectivity index (χ3v) is 6.60. The van der Waals surface area contributed by atoms with Crippen LogP contribution in [0.15, 0.2) is 54.9 Å². The number of rotatable bonds is 8. The number of anilines is 3. The molecule has 45 heavy (non-hydrogen) atoms. The van der Waals surface area contributed by atoms with Crippen LogP contribution in [0, 0.1) is 0 Å². The number of hydrogen-bond donors (Lipinski definition) is 4. The number of aromatic nitrogens is 3. The molecule has 2 aromatic heterocycles. The molecule has 0 saturated carbocycles. The Hall–Kier alpha value is -5.40. The van der Waals surface area contributed by atoms with Gasteiger partial charge in [0.1, 0.15) is 0 Å². The molecule has 0 spiro atoms. The molecule has 4 aromatic rings. The molecule has 0 bridgehead atoms. The Bertz CT molecular complexity index is 1850. The molecule has 2 aromatic carbocycles. The molecule has 240 valence electrons. The van der Waals surface area contributed by atoms with E-state index in [2.05, 4.69) is 20.3 Å². The van der Waals surface area contributed by atoms with Crippen LogP contribution in [-0.2, 0) is 14.8 Å². The third-order valence-electron chi connectivity index (χ3n) is 5.48. The summed E-state index contributed by atoms with van der Waals surface area (Å²) in [7, 11) is -2.77. The number of nitrogens with two attached hydrogens (primary N) is 1. The van der Waals surface area contributed by atoms with Crippen molar-refractivity contribution in [1.29, 1.82) is 0 Å². The van der Waals surface area contributed by atoms with Crippen molar-refractivity contribution in [1.82, 2.24) is 15.0 Å². The lowest BCUT2D eigenvalue weighted by molar-refractivity contribution is -0.192. The molecule has 5 N–H and O–H groups in total. The highest BCUT2D eigenvalue weighted by atomic mass is 32.2. The van der Waals surface area contributed by atoms with E-state index in [4.69, 9.17) is 25.1 Å². The predicted octanol–water partition coefficient (Wildman–Crippen LogP) is 4.45. The minimum atomic E-state index is -5.63. The standard InChI is InChI=1S/C23H19F3N6O5S.C2HF3O2/c1-36-21-16(10-29-22(31-21)37-2)12-6-7-15-18(8-12)28-11-17(20(27)33)19(15)30-13-4-3-5-14(9-13)32-38(34,35)23(24,25)26;3-2(4,5)1(6)7/h3-11,32H,1-2H3,(H2,27,33)(H,28,30);(H,6,7). The number of primary amides is 1. The lowest BCUT2D eigenvalue weighted by Gasteiger charge is -2.16. The Morgan fingerprint density at radius 1 is 0.933 bits per heavy atom. The normalized spacial score (nSPS) is 11.6. The summed E-state index contributed by atoms with van der Waals surface area (Å²) in [6, 6.07) is 10.2. The molecule has 0 radical (unpaired) electrons. The van der Waals surface area contributed by atoms with Crippen LogP contribution in [0.5, 0.6) is 11.9 Å². The smallest absolute Gasteiger partial charge is 0.480 e. The van der Waals surface area contributed by atoms with Gasteiger partial charge in [0, 0.05) is 23.5 Å². The van der Waals surface area contributed by atoms with E-state index in [1.54, 1.807) is 18.2 Å². The third kappa shape index (κ3) is 8.16. The largest absolute Gasteiger partial charge is 0.516 e. The fourth-order valence-electron chi connectivity index (χ4n) is 3.50. The van der Waals surface area contributed by atoms with Gasteiger partial charge in [0.2, 0.25) is 5.88 Å². The first kappa shape index (κ1) is 34.1. The number of hydrogen-bond acceptors (Lipinski definition) is 10. The topological polar surface area (TPSA) is 196 Å². The van der Waals surface area contributed by atoms with Gasteiger partial charge in [0.15, 0.2) is 0 Å². The van der Waals surface area contributed by atoms with Gasteiger partial charge in [0.25, 0.3) is 5.91 Å². The van der Waals surface area contributed by atoms with Crippen LogP contribution in [0.1, 0.15) is 10.4 Å². The van der Waals surface area contributed by atoms with Crippen molar-refractivity contribution < 1.29 is 58.9 Å². The number of sulfonamides is 1. The van der Waals surface area contributed by atoms with Crippen molar-refractivity contribution in [3.05, 3.63) is 60.4 Å². The molecular weight excluding hydrogens is 642 g/mol. The van der Waals surface area contributed by atoms with Gasteiger partial charge in [-0.1, -0.05) is 18.2 Å². The minimum absolute atomic E-state index is 0.00288. The molecule has 0 unspecified atom stereocenters. The number of nitrogens with zero attached hydrogens (tertiary/aromatic N) is 3. The monoisotopic (exact) mass is 662 g/mol. The van der Waals surface area contributed by atoms with E-state index >= 15 is 0 Å². The molecule has 0 atom stereocenters. The number of carbonyl (C=O) groups is 2. The van der Waals surface area contributed by atoms with Gasteiger partial charge in [-0.3, -0.25) is 14.5 Å². The second-order valence-corrected chi connectivity index (χ2v) is 10.2. The maximum atomic E-state index is 12.8. The number of fused-ring (bicyclic) bond motifs is 1. The van der Waals surface area contributed by atoms with E-state index < -0.39 is 33.6 Å². The van der Waals surface area contributed by atoms with E-state index in [9.17, 15) is 39.6 Å². The predicted molar refractivity (Wildman–Crippen MR) is 146 cm³/mol. The summed E-state index contributed by atoms with van der Waals surface area (Å²) in [6.07, 6.45) is -2.33. The second kappa shape index (κ2) is 13.1. The van der Waals surface area contributed by atoms with Gasteiger partial charge in [-0.2, -0.15) is 39.7 Å². The maximum Gasteiger partial charge on any atom is 0.516 e. The summed E-state index contributed by atoms with van der Waals surface area (Å²) in [4.78, 5) is 33.6. The Morgan fingerprint density at radius 2 is 1.58 bits per heavy atom. The molecule has 20 heteroatoms. The van der Waals surface area contributed by atoms with Crippen LogP contribution in [0.3, 0.4) is 0 Å². The number of pyridine rings is 1. The average molecular weight is 663 g/mol. The first-order chi connectivity index (χ1) is 20.9. The van der Waals surface area contributed by atoms with E-state index in [-0.39, 0.29) is 34.5 Å². The fraction of sp³-hybridized carbons (Fsp3) is 0.160. The number of carboxylic acid groups (broad SMARTS) is 1. The van der Waals surface area contributed by atoms with Crippen LogP contribution in [0.25, 0.3) is 22.0 Å². The number of carboxylic acids is 1. The van der Waals surface area contributed by atoms with Crippen LogP contribution in [-0.4, -0.2) is 66.3 Å². The lowest BCUT2D eigenvalue weighted by atomic mass is 10.0. The molecular formula is C25H20F6N6O7S. The molecule has 13 nitrogen and oxygen atoms in total. The van der Waals surface area contributed by atoms with E-state index in [0.29, 0.717) is 22.0 Å². The first-order valence-corrected chi connectivity index (χ1v) is 13.3. The number of amides is 1. The highest BCUT2D eigenvalue weighted by molar-refractivity contribution is 7.93. The molecule has 1 amide bonds. The van der Waals surface area contributed by atoms with Crippen molar-refractivity contribution in [2.45, 2.75) is 11.7 Å². The quantitative estimate of drug-likeness (QED) is 0.195. The number of alkyl halides is 6. The highest BCUT2D eigenvalue weighted by Crippen LogP contribution is 2.35.